The first-order valence-electron chi connectivity index (χ1n) is 8.64. The zero-order valence-corrected chi connectivity index (χ0v) is 16.4. The Balaban J connectivity index is 2.00. The highest BCUT2D eigenvalue weighted by molar-refractivity contribution is 9.10. The lowest BCUT2D eigenvalue weighted by atomic mass is 9.89. The lowest BCUT2D eigenvalue weighted by molar-refractivity contribution is 0.0601. The number of ether oxygens (including phenoxy) is 1. The summed E-state index contributed by atoms with van der Waals surface area (Å²) in [4.78, 5) is 12.4. The van der Waals surface area contributed by atoms with E-state index in [4.69, 9.17) is 4.74 Å². The Labute approximate surface area is 166 Å². The number of benzene rings is 4. The van der Waals surface area contributed by atoms with Crippen molar-refractivity contribution in [3.63, 3.8) is 0 Å². The highest BCUT2D eigenvalue weighted by atomic mass is 79.9. The smallest absolute Gasteiger partial charge is 0.338 e. The first kappa shape index (κ1) is 17.5. The highest BCUT2D eigenvalue weighted by Gasteiger charge is 2.17. The Hall–Kier alpha value is -2.91. The van der Waals surface area contributed by atoms with Crippen molar-refractivity contribution in [3.8, 4) is 22.3 Å². The van der Waals surface area contributed by atoms with Gasteiger partial charge in [0.1, 0.15) is 0 Å². The average Bonchev–Trinajstić information content (AvgIpc) is 2.73. The van der Waals surface area contributed by atoms with Crippen LogP contribution in [0.15, 0.2) is 89.4 Å². The van der Waals surface area contributed by atoms with E-state index in [-0.39, 0.29) is 5.97 Å². The van der Waals surface area contributed by atoms with Crippen molar-refractivity contribution < 1.29 is 9.53 Å². The second-order valence-corrected chi connectivity index (χ2v) is 7.17. The molecule has 0 spiro atoms. The summed E-state index contributed by atoms with van der Waals surface area (Å²) >= 11 is 3.45. The van der Waals surface area contributed by atoms with Crippen LogP contribution in [0.1, 0.15) is 10.4 Å². The van der Waals surface area contributed by atoms with Crippen molar-refractivity contribution in [1.82, 2.24) is 0 Å². The molecule has 132 valence electrons. The fourth-order valence-corrected chi connectivity index (χ4v) is 3.80. The van der Waals surface area contributed by atoms with Gasteiger partial charge in [0.25, 0.3) is 0 Å². The molecule has 0 N–H and O–H groups in total. The van der Waals surface area contributed by atoms with Gasteiger partial charge in [-0.2, -0.15) is 0 Å². The van der Waals surface area contributed by atoms with Gasteiger partial charge in [-0.3, -0.25) is 0 Å². The molecule has 0 saturated heterocycles. The third-order valence-electron chi connectivity index (χ3n) is 4.68. The quantitative estimate of drug-likeness (QED) is 0.346. The van der Waals surface area contributed by atoms with Gasteiger partial charge >= 0.3 is 5.97 Å². The molecule has 0 heterocycles. The molecule has 0 bridgehead atoms. The van der Waals surface area contributed by atoms with Gasteiger partial charge in [0.15, 0.2) is 0 Å². The molecule has 4 aromatic rings. The number of fused-ring (bicyclic) bond motifs is 1. The number of carbonyl (C=O) groups is 1. The van der Waals surface area contributed by atoms with Crippen LogP contribution >= 0.6 is 15.9 Å². The summed E-state index contributed by atoms with van der Waals surface area (Å²) in [6.45, 7) is 0. The molecule has 4 aromatic carbocycles. The Morgan fingerprint density at radius 1 is 0.741 bits per heavy atom. The number of hydrogen-bond acceptors (Lipinski definition) is 2. The van der Waals surface area contributed by atoms with E-state index in [1.165, 1.54) is 17.9 Å². The van der Waals surface area contributed by atoms with Gasteiger partial charge in [-0.15, -0.1) is 0 Å². The van der Waals surface area contributed by atoms with Crippen LogP contribution in [0.4, 0.5) is 0 Å². The van der Waals surface area contributed by atoms with Gasteiger partial charge in [-0.05, 0) is 45.2 Å². The molecule has 2 nitrogen and oxygen atoms in total. The van der Waals surface area contributed by atoms with Gasteiger partial charge in [0.2, 0.25) is 0 Å². The standard InChI is InChI=1S/C24H17BrO2/c1-27-24(26)23-15-17(25)13-14-22(23)21-11-5-4-10-20(21)19-12-6-8-16-7-2-3-9-18(16)19/h2-15H,1H3. The zero-order valence-electron chi connectivity index (χ0n) is 14.8. The third-order valence-corrected chi connectivity index (χ3v) is 5.18. The average molecular weight is 417 g/mol. The molecule has 0 saturated carbocycles. The molecule has 0 aliphatic rings. The van der Waals surface area contributed by atoms with Crippen LogP contribution in [0.2, 0.25) is 0 Å². The Morgan fingerprint density at radius 2 is 1.37 bits per heavy atom. The summed E-state index contributed by atoms with van der Waals surface area (Å²) in [5, 5.41) is 2.37. The lowest BCUT2D eigenvalue weighted by Gasteiger charge is -2.15. The van der Waals surface area contributed by atoms with E-state index in [1.54, 1.807) is 6.07 Å². The first-order valence-corrected chi connectivity index (χ1v) is 9.44. The Kier molecular flexibility index (Phi) is 4.78. The van der Waals surface area contributed by atoms with Gasteiger partial charge in [-0.1, -0.05) is 88.7 Å². The minimum absolute atomic E-state index is 0.348. The van der Waals surface area contributed by atoms with E-state index in [9.17, 15) is 4.79 Å². The van der Waals surface area contributed by atoms with Crippen molar-refractivity contribution in [2.75, 3.05) is 7.11 Å². The number of rotatable bonds is 3. The summed E-state index contributed by atoms with van der Waals surface area (Å²) in [6.07, 6.45) is 0. The van der Waals surface area contributed by atoms with Crippen LogP contribution in [-0.2, 0) is 4.74 Å². The van der Waals surface area contributed by atoms with Gasteiger partial charge in [-0.25, -0.2) is 4.79 Å². The normalized spacial score (nSPS) is 10.7. The monoisotopic (exact) mass is 416 g/mol. The molecule has 0 radical (unpaired) electrons. The molecule has 4 rings (SSSR count). The minimum Gasteiger partial charge on any atom is -0.465 e. The van der Waals surface area contributed by atoms with Crippen LogP contribution in [0, 0.1) is 0 Å². The van der Waals surface area contributed by atoms with Crippen molar-refractivity contribution >= 4 is 32.7 Å². The second-order valence-electron chi connectivity index (χ2n) is 6.25. The molecule has 27 heavy (non-hydrogen) atoms. The first-order chi connectivity index (χ1) is 13.2. The summed E-state index contributed by atoms with van der Waals surface area (Å²) in [5.74, 6) is -0.348. The van der Waals surface area contributed by atoms with Crippen LogP contribution in [0.25, 0.3) is 33.0 Å². The zero-order chi connectivity index (χ0) is 18.8. The largest absolute Gasteiger partial charge is 0.465 e. The molecule has 0 atom stereocenters. The van der Waals surface area contributed by atoms with Crippen LogP contribution in [0.3, 0.4) is 0 Å². The van der Waals surface area contributed by atoms with E-state index < -0.39 is 0 Å². The van der Waals surface area contributed by atoms with Crippen LogP contribution in [0.5, 0.6) is 0 Å². The second kappa shape index (κ2) is 7.37. The SMILES string of the molecule is COC(=O)c1cc(Br)ccc1-c1ccccc1-c1cccc2ccccc12. The van der Waals surface area contributed by atoms with E-state index in [0.717, 1.165) is 26.7 Å². The maximum Gasteiger partial charge on any atom is 0.338 e. The van der Waals surface area contributed by atoms with E-state index >= 15 is 0 Å². The summed E-state index contributed by atoms with van der Waals surface area (Å²) in [7, 11) is 1.41. The molecule has 0 aromatic heterocycles. The predicted molar refractivity (Wildman–Crippen MR) is 114 cm³/mol. The van der Waals surface area contributed by atoms with Crippen molar-refractivity contribution in [1.29, 1.82) is 0 Å². The number of esters is 1. The van der Waals surface area contributed by atoms with E-state index in [1.807, 2.05) is 42.5 Å². The summed E-state index contributed by atoms with van der Waals surface area (Å²) < 4.78 is 5.85. The number of carbonyl (C=O) groups excluding carboxylic acids is 1. The molecule has 0 aliphatic heterocycles. The Bertz CT molecular complexity index is 1140. The lowest BCUT2D eigenvalue weighted by Crippen LogP contribution is -2.04. The highest BCUT2D eigenvalue weighted by Crippen LogP contribution is 2.38. The summed E-state index contributed by atoms with van der Waals surface area (Å²) in [6, 6.07) is 28.5. The molecule has 0 fully saturated rings. The van der Waals surface area contributed by atoms with Gasteiger partial charge in [0, 0.05) is 4.47 Å². The number of halogens is 1. The van der Waals surface area contributed by atoms with Crippen molar-refractivity contribution in [2.45, 2.75) is 0 Å². The fourth-order valence-electron chi connectivity index (χ4n) is 3.44. The Morgan fingerprint density at radius 3 is 2.15 bits per heavy atom. The van der Waals surface area contributed by atoms with E-state index in [2.05, 4.69) is 52.3 Å². The maximum atomic E-state index is 12.4. The molecular weight excluding hydrogens is 400 g/mol. The molecule has 0 unspecified atom stereocenters. The van der Waals surface area contributed by atoms with Crippen molar-refractivity contribution in [2.24, 2.45) is 0 Å². The van der Waals surface area contributed by atoms with Crippen LogP contribution < -0.4 is 0 Å². The van der Waals surface area contributed by atoms with Crippen LogP contribution in [-0.4, -0.2) is 13.1 Å². The molecule has 3 heteroatoms. The maximum absolute atomic E-state index is 12.4. The fraction of sp³-hybridized carbons (Fsp3) is 0.0417. The molecule has 0 aliphatic carbocycles. The number of hydrogen-bond donors (Lipinski definition) is 0. The van der Waals surface area contributed by atoms with Gasteiger partial charge < -0.3 is 4.74 Å². The topological polar surface area (TPSA) is 26.3 Å². The van der Waals surface area contributed by atoms with Gasteiger partial charge in [0.05, 0.1) is 12.7 Å². The minimum atomic E-state index is -0.348. The van der Waals surface area contributed by atoms with Crippen molar-refractivity contribution in [3.05, 3.63) is 95.0 Å². The third kappa shape index (κ3) is 3.26. The number of methoxy groups -OCH3 is 1. The van der Waals surface area contributed by atoms with E-state index in [0.29, 0.717) is 5.56 Å². The predicted octanol–water partition coefficient (Wildman–Crippen LogP) is 6.72. The molecule has 0 amide bonds. The molecular formula is C24H17BrO2. The summed E-state index contributed by atoms with van der Waals surface area (Å²) in [5.41, 5.74) is 4.62.